The van der Waals surface area contributed by atoms with Gasteiger partial charge in [0.2, 0.25) is 5.78 Å². The summed E-state index contributed by atoms with van der Waals surface area (Å²) in [7, 11) is 5.64. The third-order valence-electron chi connectivity index (χ3n) is 3.85. The number of likely N-dealkylation sites (N-methyl/N-ethyl adjacent to an activating group) is 2. The Labute approximate surface area is 120 Å². The van der Waals surface area contributed by atoms with Crippen LogP contribution in [0.1, 0.15) is 23.8 Å². The van der Waals surface area contributed by atoms with E-state index in [1.54, 1.807) is 18.0 Å². The highest BCUT2D eigenvalue weighted by Gasteiger charge is 2.33. The van der Waals surface area contributed by atoms with Crippen LogP contribution < -0.4 is 4.74 Å². The zero-order valence-corrected chi connectivity index (χ0v) is 12.8. The normalized spacial score (nSPS) is 21.1. The van der Waals surface area contributed by atoms with Crippen LogP contribution in [0, 0.1) is 0 Å². The van der Waals surface area contributed by atoms with Crippen molar-refractivity contribution in [2.24, 2.45) is 0 Å². The summed E-state index contributed by atoms with van der Waals surface area (Å²) in [5.41, 5.74) is 0.599. The first kappa shape index (κ1) is 15.0. The molecular formula is C14H24N4O2. The van der Waals surface area contributed by atoms with Crippen LogP contribution in [-0.2, 0) is 6.54 Å². The van der Waals surface area contributed by atoms with Crippen molar-refractivity contribution >= 4 is 5.78 Å². The zero-order valence-electron chi connectivity index (χ0n) is 12.8. The summed E-state index contributed by atoms with van der Waals surface area (Å²) in [4.78, 5) is 17.2. The van der Waals surface area contributed by atoms with Crippen molar-refractivity contribution in [1.82, 2.24) is 19.6 Å². The lowest BCUT2D eigenvalue weighted by atomic mass is 10.0. The second-order valence-electron chi connectivity index (χ2n) is 5.41. The lowest BCUT2D eigenvalue weighted by Crippen LogP contribution is -2.53. The zero-order chi connectivity index (χ0) is 14.7. The molecule has 0 N–H and O–H groups in total. The Hall–Kier alpha value is -1.40. The van der Waals surface area contributed by atoms with Crippen LogP contribution in [0.5, 0.6) is 5.75 Å². The third-order valence-corrected chi connectivity index (χ3v) is 3.85. The standard InChI is InChI=1S/C14H24N4O2/c1-5-6-18-13(12(20-4)9-15-18)14(19)11-10-16(2)7-8-17(11)3/h9,11H,5-8,10H2,1-4H3. The topological polar surface area (TPSA) is 50.6 Å². The quantitative estimate of drug-likeness (QED) is 0.744. The number of methoxy groups -OCH3 is 1. The molecule has 1 aromatic rings. The van der Waals surface area contributed by atoms with Crippen molar-refractivity contribution in [3.63, 3.8) is 0 Å². The van der Waals surface area contributed by atoms with E-state index >= 15 is 0 Å². The van der Waals surface area contributed by atoms with Crippen LogP contribution in [0.3, 0.4) is 0 Å². The fourth-order valence-corrected chi connectivity index (χ4v) is 2.60. The molecule has 0 saturated carbocycles. The fraction of sp³-hybridized carbons (Fsp3) is 0.714. The van der Waals surface area contributed by atoms with Crippen LogP contribution in [0.25, 0.3) is 0 Å². The number of nitrogens with zero attached hydrogens (tertiary/aromatic N) is 4. The Bertz CT molecular complexity index is 472. The molecule has 2 heterocycles. The summed E-state index contributed by atoms with van der Waals surface area (Å²) in [6.45, 7) is 5.44. The van der Waals surface area contributed by atoms with E-state index in [9.17, 15) is 4.79 Å². The van der Waals surface area contributed by atoms with Crippen LogP contribution >= 0.6 is 0 Å². The molecule has 1 atom stereocenters. The molecule has 0 bridgehead atoms. The van der Waals surface area contributed by atoms with Gasteiger partial charge in [-0.15, -0.1) is 0 Å². The van der Waals surface area contributed by atoms with Crippen LogP contribution in [0.4, 0.5) is 0 Å². The molecule has 1 aliphatic rings. The first-order chi connectivity index (χ1) is 9.58. The van der Waals surface area contributed by atoms with Crippen molar-refractivity contribution in [2.45, 2.75) is 25.9 Å². The molecule has 1 unspecified atom stereocenters. The Morgan fingerprint density at radius 2 is 2.20 bits per heavy atom. The number of hydrogen-bond acceptors (Lipinski definition) is 5. The molecule has 0 aliphatic carbocycles. The maximum atomic E-state index is 12.9. The van der Waals surface area contributed by atoms with Gasteiger partial charge in [-0.25, -0.2) is 0 Å². The maximum absolute atomic E-state index is 12.9. The van der Waals surface area contributed by atoms with E-state index in [0.717, 1.165) is 32.6 Å². The average Bonchev–Trinajstić information content (AvgIpc) is 2.84. The Morgan fingerprint density at radius 3 is 2.85 bits per heavy atom. The van der Waals surface area contributed by atoms with E-state index in [0.29, 0.717) is 11.4 Å². The summed E-state index contributed by atoms with van der Waals surface area (Å²) in [5, 5.41) is 4.28. The minimum Gasteiger partial charge on any atom is -0.493 e. The molecule has 6 heteroatoms. The highest BCUT2D eigenvalue weighted by Crippen LogP contribution is 2.22. The maximum Gasteiger partial charge on any atom is 0.203 e. The van der Waals surface area contributed by atoms with E-state index < -0.39 is 0 Å². The SMILES string of the molecule is CCCn1ncc(OC)c1C(=O)C1CN(C)CCN1C. The molecule has 6 nitrogen and oxygen atoms in total. The van der Waals surface area contributed by atoms with E-state index in [-0.39, 0.29) is 11.8 Å². The molecule has 112 valence electrons. The number of carbonyl (C=O) groups excluding carboxylic acids is 1. The Kier molecular flexibility index (Phi) is 4.77. The van der Waals surface area contributed by atoms with Gasteiger partial charge in [-0.1, -0.05) is 6.92 Å². The molecular weight excluding hydrogens is 256 g/mol. The summed E-state index contributed by atoms with van der Waals surface area (Å²) in [6.07, 6.45) is 2.57. The molecule has 0 amide bonds. The van der Waals surface area contributed by atoms with Crippen molar-refractivity contribution < 1.29 is 9.53 Å². The van der Waals surface area contributed by atoms with E-state index in [1.165, 1.54) is 0 Å². The minimum absolute atomic E-state index is 0.0989. The van der Waals surface area contributed by atoms with E-state index in [1.807, 2.05) is 14.1 Å². The molecule has 0 radical (unpaired) electrons. The van der Waals surface area contributed by atoms with Crippen molar-refractivity contribution in [1.29, 1.82) is 0 Å². The number of aryl methyl sites for hydroxylation is 1. The third kappa shape index (κ3) is 2.86. The molecule has 1 fully saturated rings. The smallest absolute Gasteiger partial charge is 0.203 e. The van der Waals surface area contributed by atoms with E-state index in [2.05, 4.69) is 21.8 Å². The van der Waals surface area contributed by atoms with Gasteiger partial charge in [-0.3, -0.25) is 14.4 Å². The van der Waals surface area contributed by atoms with Gasteiger partial charge in [0.1, 0.15) is 5.69 Å². The van der Waals surface area contributed by atoms with Gasteiger partial charge in [0.25, 0.3) is 0 Å². The number of piperazine rings is 1. The van der Waals surface area contributed by atoms with Gasteiger partial charge < -0.3 is 9.64 Å². The molecule has 1 aliphatic heterocycles. The molecule has 0 spiro atoms. The van der Waals surface area contributed by atoms with Crippen molar-refractivity contribution in [2.75, 3.05) is 40.8 Å². The fourth-order valence-electron chi connectivity index (χ4n) is 2.60. The number of rotatable bonds is 5. The van der Waals surface area contributed by atoms with Crippen LogP contribution in [-0.4, -0.2) is 72.2 Å². The minimum atomic E-state index is -0.130. The van der Waals surface area contributed by atoms with Crippen molar-refractivity contribution in [3.05, 3.63) is 11.9 Å². The molecule has 1 saturated heterocycles. The highest BCUT2D eigenvalue weighted by molar-refractivity contribution is 6.01. The largest absolute Gasteiger partial charge is 0.493 e. The second kappa shape index (κ2) is 6.37. The number of Topliss-reactive ketones (excluding diaryl/α,β-unsaturated/α-hetero) is 1. The summed E-state index contributed by atoms with van der Waals surface area (Å²) < 4.78 is 7.08. The van der Waals surface area contributed by atoms with Gasteiger partial charge in [-0.2, -0.15) is 5.10 Å². The lowest BCUT2D eigenvalue weighted by molar-refractivity contribution is 0.0672. The predicted octanol–water partition coefficient (Wildman–Crippen LogP) is 0.730. The summed E-state index contributed by atoms with van der Waals surface area (Å²) in [6, 6.07) is -0.130. The average molecular weight is 280 g/mol. The van der Waals surface area contributed by atoms with Gasteiger partial charge in [0.05, 0.1) is 19.3 Å². The van der Waals surface area contributed by atoms with Crippen molar-refractivity contribution in [3.8, 4) is 5.75 Å². The highest BCUT2D eigenvalue weighted by atomic mass is 16.5. The van der Waals surface area contributed by atoms with Gasteiger partial charge in [-0.05, 0) is 20.5 Å². The lowest BCUT2D eigenvalue weighted by Gasteiger charge is -2.36. The Morgan fingerprint density at radius 1 is 1.45 bits per heavy atom. The van der Waals surface area contributed by atoms with Gasteiger partial charge in [0.15, 0.2) is 5.75 Å². The van der Waals surface area contributed by atoms with Gasteiger partial charge in [0, 0.05) is 26.2 Å². The number of carbonyl (C=O) groups is 1. The van der Waals surface area contributed by atoms with Crippen LogP contribution in [0.2, 0.25) is 0 Å². The Balaban J connectivity index is 2.29. The molecule has 1 aromatic heterocycles. The number of ether oxygens (including phenoxy) is 1. The first-order valence-electron chi connectivity index (χ1n) is 7.11. The van der Waals surface area contributed by atoms with E-state index in [4.69, 9.17) is 4.74 Å². The number of hydrogen-bond donors (Lipinski definition) is 0. The molecule has 20 heavy (non-hydrogen) atoms. The monoisotopic (exact) mass is 280 g/mol. The second-order valence-corrected chi connectivity index (χ2v) is 5.41. The summed E-state index contributed by atoms with van der Waals surface area (Å²) in [5.74, 6) is 0.673. The number of aromatic nitrogens is 2. The van der Waals surface area contributed by atoms with Gasteiger partial charge >= 0.3 is 0 Å². The first-order valence-corrected chi connectivity index (χ1v) is 7.11. The number of ketones is 1. The van der Waals surface area contributed by atoms with Crippen LogP contribution in [0.15, 0.2) is 6.20 Å². The molecule has 0 aromatic carbocycles. The predicted molar refractivity (Wildman–Crippen MR) is 77.3 cm³/mol. The summed E-state index contributed by atoms with van der Waals surface area (Å²) >= 11 is 0. The molecule has 2 rings (SSSR count).